The highest BCUT2D eigenvalue weighted by Gasteiger charge is 2.38. The summed E-state index contributed by atoms with van der Waals surface area (Å²) in [5.74, 6) is -3.70. The molecule has 170 valence electrons. The van der Waals surface area contributed by atoms with Crippen molar-refractivity contribution in [1.29, 1.82) is 0 Å². The molecule has 13 nitrogen and oxygen atoms in total. The second-order valence-corrected chi connectivity index (χ2v) is 7.20. The minimum absolute atomic E-state index is 0.0514. The third kappa shape index (κ3) is 6.77. The number of aromatic amines is 1. The normalized spacial score (nSPS) is 17.6. The van der Waals surface area contributed by atoms with Gasteiger partial charge < -0.3 is 37.1 Å². The van der Waals surface area contributed by atoms with Gasteiger partial charge in [-0.3, -0.25) is 19.2 Å². The van der Waals surface area contributed by atoms with Gasteiger partial charge in [-0.2, -0.15) is 0 Å². The smallest absolute Gasteiger partial charge is 0.326 e. The van der Waals surface area contributed by atoms with E-state index in [2.05, 4.69) is 20.6 Å². The van der Waals surface area contributed by atoms with E-state index in [0.717, 1.165) is 0 Å². The summed E-state index contributed by atoms with van der Waals surface area (Å²) in [6.07, 6.45) is 3.45. The average molecular weight is 437 g/mol. The van der Waals surface area contributed by atoms with Crippen LogP contribution in [0.25, 0.3) is 0 Å². The lowest BCUT2D eigenvalue weighted by atomic mass is 10.1. The highest BCUT2D eigenvalue weighted by atomic mass is 16.4. The molecule has 1 fully saturated rings. The zero-order chi connectivity index (χ0) is 23.0. The maximum atomic E-state index is 13.0. The summed E-state index contributed by atoms with van der Waals surface area (Å²) >= 11 is 0. The van der Waals surface area contributed by atoms with Crippen molar-refractivity contribution in [2.75, 3.05) is 13.1 Å². The van der Waals surface area contributed by atoms with Gasteiger partial charge in [0.2, 0.25) is 23.6 Å². The standard InChI is InChI=1S/C18H27N7O6/c19-7-15(27)23-12(6-10-8-21-9-22-10)16(28)24-11(3-4-14(20)26)17(29)25-5-1-2-13(25)18(30)31/h8-9,11-13H,1-7,19H2,(H2,20,26)(H,21,22)(H,23,27)(H,24,28)(H,30,31). The van der Waals surface area contributed by atoms with Crippen molar-refractivity contribution in [3.8, 4) is 0 Å². The average Bonchev–Trinajstić information content (AvgIpc) is 3.41. The van der Waals surface area contributed by atoms with E-state index in [4.69, 9.17) is 11.5 Å². The van der Waals surface area contributed by atoms with Crippen LogP contribution in [0, 0.1) is 0 Å². The SMILES string of the molecule is NCC(=O)NC(Cc1cnc[nH]1)C(=O)NC(CCC(N)=O)C(=O)N1CCCC1C(=O)O. The molecule has 1 aliphatic rings. The van der Waals surface area contributed by atoms with Crippen LogP contribution in [0.4, 0.5) is 0 Å². The summed E-state index contributed by atoms with van der Waals surface area (Å²) in [4.78, 5) is 68.2. The van der Waals surface area contributed by atoms with Gasteiger partial charge in [0.1, 0.15) is 18.1 Å². The molecule has 13 heteroatoms. The van der Waals surface area contributed by atoms with Gasteiger partial charge in [0.25, 0.3) is 0 Å². The third-order valence-corrected chi connectivity index (χ3v) is 4.93. The maximum absolute atomic E-state index is 13.0. The molecule has 1 aromatic rings. The third-order valence-electron chi connectivity index (χ3n) is 4.93. The van der Waals surface area contributed by atoms with Gasteiger partial charge in [0.15, 0.2) is 0 Å². The lowest BCUT2D eigenvalue weighted by molar-refractivity contribution is -0.149. The lowest BCUT2D eigenvalue weighted by Crippen LogP contribution is -2.56. The van der Waals surface area contributed by atoms with Crippen LogP contribution in [-0.4, -0.2) is 80.8 Å². The fraction of sp³-hybridized carbons (Fsp3) is 0.556. The number of rotatable bonds is 11. The van der Waals surface area contributed by atoms with E-state index in [9.17, 15) is 29.1 Å². The monoisotopic (exact) mass is 437 g/mol. The molecule has 0 bridgehead atoms. The number of carboxylic acids is 1. The van der Waals surface area contributed by atoms with E-state index >= 15 is 0 Å². The van der Waals surface area contributed by atoms with Crippen molar-refractivity contribution >= 4 is 29.6 Å². The van der Waals surface area contributed by atoms with Crippen LogP contribution < -0.4 is 22.1 Å². The predicted octanol–water partition coefficient (Wildman–Crippen LogP) is -2.78. The van der Waals surface area contributed by atoms with E-state index in [-0.39, 0.29) is 32.4 Å². The molecule has 0 radical (unpaired) electrons. The van der Waals surface area contributed by atoms with E-state index in [0.29, 0.717) is 18.5 Å². The van der Waals surface area contributed by atoms with Crippen molar-refractivity contribution in [3.05, 3.63) is 18.2 Å². The number of hydrogen-bond donors (Lipinski definition) is 6. The largest absolute Gasteiger partial charge is 0.480 e. The first-order chi connectivity index (χ1) is 14.7. The Morgan fingerprint density at radius 3 is 2.58 bits per heavy atom. The van der Waals surface area contributed by atoms with Crippen molar-refractivity contribution in [2.24, 2.45) is 11.5 Å². The molecule has 31 heavy (non-hydrogen) atoms. The van der Waals surface area contributed by atoms with Crippen molar-refractivity contribution in [3.63, 3.8) is 0 Å². The number of aromatic nitrogens is 2. The van der Waals surface area contributed by atoms with Crippen molar-refractivity contribution in [1.82, 2.24) is 25.5 Å². The highest BCUT2D eigenvalue weighted by molar-refractivity contribution is 5.94. The Kier molecular flexibility index (Phi) is 8.49. The molecule has 3 unspecified atom stereocenters. The molecular weight excluding hydrogens is 410 g/mol. The van der Waals surface area contributed by atoms with Crippen LogP contribution >= 0.6 is 0 Å². The summed E-state index contributed by atoms with van der Waals surface area (Å²) in [6.45, 7) is -0.120. The zero-order valence-corrected chi connectivity index (χ0v) is 16.9. The molecule has 0 saturated carbocycles. The maximum Gasteiger partial charge on any atom is 0.326 e. The molecule has 2 heterocycles. The number of likely N-dealkylation sites (tertiary alicyclic amines) is 1. The molecule has 4 amide bonds. The topological polar surface area (TPSA) is 214 Å². The molecular formula is C18H27N7O6. The van der Waals surface area contributed by atoms with Crippen LogP contribution in [0.3, 0.4) is 0 Å². The summed E-state index contributed by atoms with van der Waals surface area (Å²) in [7, 11) is 0. The molecule has 1 aromatic heterocycles. The first-order valence-corrected chi connectivity index (χ1v) is 9.81. The lowest BCUT2D eigenvalue weighted by Gasteiger charge is -2.28. The van der Waals surface area contributed by atoms with Gasteiger partial charge in [-0.05, 0) is 19.3 Å². The molecule has 1 saturated heterocycles. The van der Waals surface area contributed by atoms with E-state index in [1.165, 1.54) is 17.4 Å². The Bertz CT molecular complexity index is 812. The first kappa shape index (κ1) is 23.8. The number of nitrogens with two attached hydrogens (primary N) is 2. The van der Waals surface area contributed by atoms with Gasteiger partial charge in [0.05, 0.1) is 12.9 Å². The molecule has 0 spiro atoms. The predicted molar refractivity (Wildman–Crippen MR) is 106 cm³/mol. The summed E-state index contributed by atoms with van der Waals surface area (Å²) in [5, 5.41) is 14.4. The number of carbonyl (C=O) groups excluding carboxylic acids is 4. The molecule has 0 aliphatic carbocycles. The minimum Gasteiger partial charge on any atom is -0.480 e. The number of nitrogens with one attached hydrogen (secondary N) is 3. The summed E-state index contributed by atoms with van der Waals surface area (Å²) in [6, 6.07) is -3.26. The number of primary amides is 1. The number of carboxylic acid groups (broad SMARTS) is 1. The molecule has 0 aromatic carbocycles. The second-order valence-electron chi connectivity index (χ2n) is 7.20. The van der Waals surface area contributed by atoms with E-state index in [1.807, 2.05) is 0 Å². The number of hydrogen-bond acceptors (Lipinski definition) is 7. The fourth-order valence-electron chi connectivity index (χ4n) is 3.38. The van der Waals surface area contributed by atoms with E-state index < -0.39 is 47.7 Å². The number of nitrogens with zero attached hydrogens (tertiary/aromatic N) is 2. The fourth-order valence-corrected chi connectivity index (χ4v) is 3.38. The van der Waals surface area contributed by atoms with Crippen LogP contribution in [0.2, 0.25) is 0 Å². The number of carbonyl (C=O) groups is 5. The quantitative estimate of drug-likeness (QED) is 0.212. The van der Waals surface area contributed by atoms with Crippen LogP contribution in [-0.2, 0) is 30.4 Å². The summed E-state index contributed by atoms with van der Waals surface area (Å²) < 4.78 is 0. The Hall–Kier alpha value is -3.48. The summed E-state index contributed by atoms with van der Waals surface area (Å²) in [5.41, 5.74) is 11.1. The number of aliphatic carboxylic acids is 1. The van der Waals surface area contributed by atoms with Gasteiger partial charge in [-0.25, -0.2) is 9.78 Å². The van der Waals surface area contributed by atoms with Crippen LogP contribution in [0.1, 0.15) is 31.4 Å². The number of amides is 4. The van der Waals surface area contributed by atoms with E-state index in [1.54, 1.807) is 0 Å². The highest BCUT2D eigenvalue weighted by Crippen LogP contribution is 2.19. The molecule has 1 aliphatic heterocycles. The number of H-pyrrole nitrogens is 1. The molecule has 8 N–H and O–H groups in total. The van der Waals surface area contributed by atoms with Gasteiger partial charge in [-0.1, -0.05) is 0 Å². The van der Waals surface area contributed by atoms with Gasteiger partial charge in [0, 0.05) is 31.3 Å². The molecule has 3 atom stereocenters. The van der Waals surface area contributed by atoms with Crippen molar-refractivity contribution in [2.45, 2.75) is 50.2 Å². The zero-order valence-electron chi connectivity index (χ0n) is 16.9. The molecule has 2 rings (SSSR count). The minimum atomic E-state index is -1.18. The van der Waals surface area contributed by atoms with Gasteiger partial charge in [-0.15, -0.1) is 0 Å². The van der Waals surface area contributed by atoms with Crippen LogP contribution in [0.5, 0.6) is 0 Å². The Morgan fingerprint density at radius 2 is 2.00 bits per heavy atom. The second kappa shape index (κ2) is 11.1. The first-order valence-electron chi connectivity index (χ1n) is 9.81. The number of imidazole rings is 1. The van der Waals surface area contributed by atoms with Gasteiger partial charge >= 0.3 is 5.97 Å². The Balaban J connectivity index is 2.18. The van der Waals surface area contributed by atoms with Crippen molar-refractivity contribution < 1.29 is 29.1 Å². The van der Waals surface area contributed by atoms with Crippen LogP contribution in [0.15, 0.2) is 12.5 Å². The Morgan fingerprint density at radius 1 is 1.26 bits per heavy atom. The Labute approximate surface area is 177 Å².